The molecular weight excluding hydrogens is 466 g/mol. The molecule has 31 heavy (non-hydrogen) atoms. The predicted octanol–water partition coefficient (Wildman–Crippen LogP) is 9.64. The molecule has 0 aliphatic heterocycles. The van der Waals surface area contributed by atoms with E-state index < -0.39 is 7.25 Å². The summed E-state index contributed by atoms with van der Waals surface area (Å²) in [7, 11) is -6.00. The highest BCUT2D eigenvalue weighted by Gasteiger charge is 2.21. The molecule has 0 radical (unpaired) electrons. The van der Waals surface area contributed by atoms with E-state index in [0.717, 1.165) is 11.1 Å². The number of rotatable bonds is 3. The van der Waals surface area contributed by atoms with Crippen molar-refractivity contribution in [2.24, 2.45) is 0 Å². The Morgan fingerprint density at radius 3 is 1.45 bits per heavy atom. The van der Waals surface area contributed by atoms with Crippen LogP contribution in [0.1, 0.15) is 0 Å². The molecule has 0 unspecified atom stereocenters. The van der Waals surface area contributed by atoms with Gasteiger partial charge in [0.05, 0.1) is 0 Å². The smallest absolute Gasteiger partial charge is 0.418 e. The van der Waals surface area contributed by atoms with E-state index in [2.05, 4.69) is 60.7 Å². The molecule has 0 aliphatic carbocycles. The molecule has 0 nitrogen and oxygen atoms in total. The molecule has 0 atom stereocenters. The van der Waals surface area contributed by atoms with E-state index in [9.17, 15) is 17.3 Å². The molecule has 0 amide bonds. The minimum Gasteiger partial charge on any atom is -0.418 e. The fourth-order valence-electron chi connectivity index (χ4n) is 2.87. The van der Waals surface area contributed by atoms with Gasteiger partial charge in [-0.25, -0.2) is 0 Å². The molecule has 0 saturated carbocycles. The molecule has 1 heterocycles. The van der Waals surface area contributed by atoms with Crippen LogP contribution in [0.4, 0.5) is 17.3 Å². The van der Waals surface area contributed by atoms with Crippen LogP contribution in [-0.2, 0) is 0 Å². The lowest BCUT2D eigenvalue weighted by Crippen LogP contribution is -2.02. The zero-order valence-electron chi connectivity index (χ0n) is 15.9. The summed E-state index contributed by atoms with van der Waals surface area (Å²) >= 11 is 14.3. The molecule has 0 saturated heterocycles. The summed E-state index contributed by atoms with van der Waals surface area (Å²) in [6, 6.07) is 30.9. The predicted molar refractivity (Wildman–Crippen MR) is 125 cm³/mol. The van der Waals surface area contributed by atoms with Gasteiger partial charge in [-0.3, -0.25) is 0 Å². The first kappa shape index (κ1) is 23.3. The Balaban J connectivity index is 0.000000491. The summed E-state index contributed by atoms with van der Waals surface area (Å²) in [6.45, 7) is 0. The maximum absolute atomic E-state index is 9.75. The molecule has 0 spiro atoms. The lowest BCUT2D eigenvalue weighted by atomic mass is 10.0. The van der Waals surface area contributed by atoms with E-state index >= 15 is 0 Å². The minimum atomic E-state index is -6.00. The average Bonchev–Trinajstić information content (AvgIpc) is 2.73. The van der Waals surface area contributed by atoms with Crippen LogP contribution in [0.5, 0.6) is 0 Å². The number of hydrogen-bond donors (Lipinski definition) is 0. The van der Waals surface area contributed by atoms with E-state index in [-0.39, 0.29) is 0 Å². The number of hydrogen-bond acceptors (Lipinski definition) is 0. The van der Waals surface area contributed by atoms with Crippen molar-refractivity contribution >= 4 is 41.8 Å². The Hall–Kier alpha value is -2.41. The van der Waals surface area contributed by atoms with E-state index in [1.807, 2.05) is 24.3 Å². The van der Waals surface area contributed by atoms with Gasteiger partial charge in [-0.15, -0.1) is 0 Å². The second-order valence-corrected chi connectivity index (χ2v) is 8.35. The van der Waals surface area contributed by atoms with Gasteiger partial charge in [-0.1, -0.05) is 65.7 Å². The first-order chi connectivity index (χ1) is 14.7. The van der Waals surface area contributed by atoms with E-state index in [1.165, 1.54) is 20.9 Å². The summed E-state index contributed by atoms with van der Waals surface area (Å²) in [6.07, 6.45) is 0. The van der Waals surface area contributed by atoms with Crippen molar-refractivity contribution in [3.63, 3.8) is 0 Å². The lowest BCUT2D eigenvalue weighted by molar-refractivity contribution is 0.368. The van der Waals surface area contributed by atoms with Gasteiger partial charge < -0.3 is 17.3 Å². The van der Waals surface area contributed by atoms with Crippen molar-refractivity contribution in [1.29, 1.82) is 0 Å². The van der Waals surface area contributed by atoms with Gasteiger partial charge in [0.2, 0.25) is 21.1 Å². The standard InChI is InChI=1S/C23H15Cl2S.BF4/c24-19-11-12-20(21(25)15-19)18-13-22(16-7-3-1-4-8-16)26-23(14-18)17-9-5-2-6-10-17;2-1(3,4)5/h1-15H;/q+1;-1. The van der Waals surface area contributed by atoms with Crippen LogP contribution in [0.2, 0.25) is 10.0 Å². The maximum Gasteiger partial charge on any atom is 0.673 e. The Morgan fingerprint density at radius 2 is 1.03 bits per heavy atom. The van der Waals surface area contributed by atoms with E-state index in [1.54, 1.807) is 17.4 Å². The van der Waals surface area contributed by atoms with Crippen molar-refractivity contribution in [2.75, 3.05) is 0 Å². The van der Waals surface area contributed by atoms with Crippen LogP contribution >= 0.6 is 34.5 Å². The van der Waals surface area contributed by atoms with Gasteiger partial charge in [-0.2, -0.15) is 0 Å². The Morgan fingerprint density at radius 1 is 0.581 bits per heavy atom. The first-order valence-corrected chi connectivity index (χ1v) is 10.7. The zero-order valence-corrected chi connectivity index (χ0v) is 18.2. The summed E-state index contributed by atoms with van der Waals surface area (Å²) in [4.78, 5) is 2.40. The fraction of sp³-hybridized carbons (Fsp3) is 0. The Kier molecular flexibility index (Phi) is 7.71. The van der Waals surface area contributed by atoms with Crippen molar-refractivity contribution in [1.82, 2.24) is 0 Å². The van der Waals surface area contributed by atoms with Crippen LogP contribution in [0.25, 0.3) is 32.0 Å². The molecule has 4 aromatic rings. The lowest BCUT2D eigenvalue weighted by Gasteiger charge is -2.06. The second kappa shape index (κ2) is 10.3. The quantitative estimate of drug-likeness (QED) is 0.155. The third-order valence-electron chi connectivity index (χ3n) is 4.15. The molecule has 4 rings (SSSR count). The van der Waals surface area contributed by atoms with Crippen molar-refractivity contribution in [3.05, 3.63) is 101 Å². The fourth-order valence-corrected chi connectivity index (χ4v) is 4.50. The van der Waals surface area contributed by atoms with Gasteiger partial charge in [0.1, 0.15) is 0 Å². The highest BCUT2D eigenvalue weighted by atomic mass is 35.5. The SMILES string of the molecule is Clc1ccc(-c2cc(-c3ccccc3)[s+]c(-c3ccccc3)c2)c(Cl)c1.F[B-](F)(F)F. The number of halogens is 6. The van der Waals surface area contributed by atoms with Crippen LogP contribution in [-0.4, -0.2) is 7.25 Å². The summed E-state index contributed by atoms with van der Waals surface area (Å²) in [5, 5.41) is 1.30. The van der Waals surface area contributed by atoms with Crippen LogP contribution in [0.15, 0.2) is 91.0 Å². The summed E-state index contributed by atoms with van der Waals surface area (Å²) < 4.78 is 39.0. The molecule has 0 aliphatic rings. The summed E-state index contributed by atoms with van der Waals surface area (Å²) in [5.74, 6) is 0. The largest absolute Gasteiger partial charge is 0.673 e. The third-order valence-corrected chi connectivity index (χ3v) is 5.85. The molecule has 8 heteroatoms. The monoisotopic (exact) mass is 480 g/mol. The van der Waals surface area contributed by atoms with Gasteiger partial charge in [-0.05, 0) is 42.0 Å². The van der Waals surface area contributed by atoms with E-state index in [0.29, 0.717) is 10.0 Å². The molecular formula is C23H15BCl2F4S. The maximum atomic E-state index is 9.75. The van der Waals surface area contributed by atoms with Crippen LogP contribution < -0.4 is 0 Å². The number of benzene rings is 3. The molecule has 0 N–H and O–H groups in total. The van der Waals surface area contributed by atoms with E-state index in [4.69, 9.17) is 23.2 Å². The summed E-state index contributed by atoms with van der Waals surface area (Å²) in [5.41, 5.74) is 4.46. The minimum absolute atomic E-state index is 0.643. The molecule has 158 valence electrons. The Labute approximate surface area is 191 Å². The van der Waals surface area contributed by atoms with Crippen molar-refractivity contribution in [3.8, 4) is 32.0 Å². The van der Waals surface area contributed by atoms with Crippen LogP contribution in [0.3, 0.4) is 0 Å². The molecule has 1 aromatic heterocycles. The second-order valence-electron chi connectivity index (χ2n) is 6.43. The van der Waals surface area contributed by atoms with Gasteiger partial charge in [0.15, 0.2) is 0 Å². The van der Waals surface area contributed by atoms with Gasteiger partial charge in [0.25, 0.3) is 0 Å². The zero-order chi connectivity index (χ0) is 22.4. The van der Waals surface area contributed by atoms with Gasteiger partial charge >= 0.3 is 7.25 Å². The highest BCUT2D eigenvalue weighted by molar-refractivity contribution is 7.18. The van der Waals surface area contributed by atoms with Crippen LogP contribution in [0, 0.1) is 0 Å². The molecule has 0 bridgehead atoms. The molecule has 0 fully saturated rings. The topological polar surface area (TPSA) is 0 Å². The molecule has 3 aromatic carbocycles. The van der Waals surface area contributed by atoms with Gasteiger partial charge in [0, 0.05) is 38.9 Å². The third kappa shape index (κ3) is 7.06. The Bertz CT molecular complexity index is 1090. The normalized spacial score (nSPS) is 10.9. The van der Waals surface area contributed by atoms with Crippen molar-refractivity contribution < 1.29 is 17.3 Å². The first-order valence-electron chi connectivity index (χ1n) is 9.12. The van der Waals surface area contributed by atoms with Crippen molar-refractivity contribution in [2.45, 2.75) is 0 Å². The highest BCUT2D eigenvalue weighted by Crippen LogP contribution is 2.39. The average molecular weight is 481 g/mol.